The molecule has 1 atom stereocenters. The van der Waals surface area contributed by atoms with Gasteiger partial charge < -0.3 is 5.73 Å². The summed E-state index contributed by atoms with van der Waals surface area (Å²) in [5.41, 5.74) is 4.79. The van der Waals surface area contributed by atoms with E-state index in [1.54, 1.807) is 0 Å². The molecule has 1 aliphatic rings. The second-order valence-corrected chi connectivity index (χ2v) is 3.95. The second kappa shape index (κ2) is 3.75. The van der Waals surface area contributed by atoms with E-state index >= 15 is 0 Å². The number of rotatable bonds is 2. The highest BCUT2D eigenvalue weighted by Crippen LogP contribution is 2.27. The topological polar surface area (TPSA) is 70.1 Å². The Balaban J connectivity index is 2.52. The van der Waals surface area contributed by atoms with Crippen LogP contribution in [0, 0.1) is 16.7 Å². The Morgan fingerprint density at radius 1 is 1.77 bits per heavy atom. The van der Waals surface area contributed by atoms with Gasteiger partial charge in [0.1, 0.15) is 0 Å². The fourth-order valence-electron chi connectivity index (χ4n) is 1.79. The van der Waals surface area contributed by atoms with Crippen LogP contribution in [-0.4, -0.2) is 30.4 Å². The minimum absolute atomic E-state index is 0.275. The van der Waals surface area contributed by atoms with E-state index in [0.29, 0.717) is 6.54 Å². The summed E-state index contributed by atoms with van der Waals surface area (Å²) in [6.07, 6.45) is 1.89. The number of hydrogen-bond donors (Lipinski definition) is 1. The number of likely N-dealkylation sites (tertiary alicyclic amines) is 1. The summed E-state index contributed by atoms with van der Waals surface area (Å²) >= 11 is 0. The molecule has 13 heavy (non-hydrogen) atoms. The molecular formula is C9H15N3O. The zero-order chi connectivity index (χ0) is 9.90. The van der Waals surface area contributed by atoms with Gasteiger partial charge in [-0.05, 0) is 26.3 Å². The van der Waals surface area contributed by atoms with Crippen LogP contribution >= 0.6 is 0 Å². The Morgan fingerprint density at radius 3 is 3.00 bits per heavy atom. The first kappa shape index (κ1) is 10.0. The SMILES string of the molecule is CC1(C#N)CCCN(CC(N)=O)C1. The van der Waals surface area contributed by atoms with Gasteiger partial charge in [0.05, 0.1) is 18.0 Å². The minimum Gasteiger partial charge on any atom is -0.369 e. The Bertz CT molecular complexity index is 246. The first-order chi connectivity index (χ1) is 6.06. The van der Waals surface area contributed by atoms with Crippen molar-refractivity contribution in [3.05, 3.63) is 0 Å². The van der Waals surface area contributed by atoms with Crippen molar-refractivity contribution < 1.29 is 4.79 Å². The molecule has 2 N–H and O–H groups in total. The van der Waals surface area contributed by atoms with E-state index < -0.39 is 0 Å². The number of primary amides is 1. The largest absolute Gasteiger partial charge is 0.369 e. The van der Waals surface area contributed by atoms with Gasteiger partial charge in [-0.1, -0.05) is 0 Å². The summed E-state index contributed by atoms with van der Waals surface area (Å²) < 4.78 is 0. The van der Waals surface area contributed by atoms with Gasteiger partial charge in [-0.3, -0.25) is 9.69 Å². The van der Waals surface area contributed by atoms with Crippen LogP contribution in [0.4, 0.5) is 0 Å². The van der Waals surface area contributed by atoms with Gasteiger partial charge in [-0.25, -0.2) is 0 Å². The Kier molecular flexibility index (Phi) is 2.89. The van der Waals surface area contributed by atoms with E-state index in [0.717, 1.165) is 19.4 Å². The van der Waals surface area contributed by atoms with Crippen LogP contribution in [0.1, 0.15) is 19.8 Å². The molecule has 1 heterocycles. The van der Waals surface area contributed by atoms with E-state index in [4.69, 9.17) is 11.0 Å². The van der Waals surface area contributed by atoms with Gasteiger partial charge in [0.15, 0.2) is 0 Å². The highest BCUT2D eigenvalue weighted by Gasteiger charge is 2.31. The first-order valence-corrected chi connectivity index (χ1v) is 4.48. The summed E-state index contributed by atoms with van der Waals surface area (Å²) in [5.74, 6) is -0.317. The average molecular weight is 181 g/mol. The van der Waals surface area contributed by atoms with Gasteiger partial charge in [-0.2, -0.15) is 5.26 Å². The summed E-state index contributed by atoms with van der Waals surface area (Å²) in [6.45, 7) is 3.74. The third-order valence-electron chi connectivity index (χ3n) is 2.42. The smallest absolute Gasteiger partial charge is 0.231 e. The lowest BCUT2D eigenvalue weighted by molar-refractivity contribution is -0.119. The summed E-state index contributed by atoms with van der Waals surface area (Å²) in [5, 5.41) is 8.91. The fraction of sp³-hybridized carbons (Fsp3) is 0.778. The van der Waals surface area contributed by atoms with Crippen molar-refractivity contribution in [1.82, 2.24) is 4.90 Å². The van der Waals surface area contributed by atoms with Gasteiger partial charge in [0.25, 0.3) is 0 Å². The maximum absolute atomic E-state index is 10.7. The molecular weight excluding hydrogens is 166 g/mol. The molecule has 0 aromatic heterocycles. The van der Waals surface area contributed by atoms with Crippen molar-refractivity contribution in [3.63, 3.8) is 0 Å². The van der Waals surface area contributed by atoms with E-state index in [1.165, 1.54) is 0 Å². The third-order valence-corrected chi connectivity index (χ3v) is 2.42. The fourth-order valence-corrected chi connectivity index (χ4v) is 1.79. The maximum atomic E-state index is 10.7. The van der Waals surface area contributed by atoms with Gasteiger partial charge in [0.2, 0.25) is 5.91 Å². The van der Waals surface area contributed by atoms with Crippen LogP contribution in [0.3, 0.4) is 0 Å². The average Bonchev–Trinajstić information content (AvgIpc) is 2.03. The second-order valence-electron chi connectivity index (χ2n) is 3.95. The molecule has 0 aliphatic carbocycles. The van der Waals surface area contributed by atoms with Crippen LogP contribution in [0.25, 0.3) is 0 Å². The van der Waals surface area contributed by atoms with Gasteiger partial charge in [-0.15, -0.1) is 0 Å². The van der Waals surface area contributed by atoms with E-state index in [1.807, 2.05) is 11.8 Å². The summed E-state index contributed by atoms with van der Waals surface area (Å²) in [7, 11) is 0. The highest BCUT2D eigenvalue weighted by molar-refractivity contribution is 5.75. The molecule has 1 aliphatic heterocycles. The lowest BCUT2D eigenvalue weighted by Gasteiger charge is -2.35. The van der Waals surface area contributed by atoms with Gasteiger partial charge in [0, 0.05) is 6.54 Å². The molecule has 4 nitrogen and oxygen atoms in total. The van der Waals surface area contributed by atoms with Crippen molar-refractivity contribution in [2.24, 2.45) is 11.1 Å². The lowest BCUT2D eigenvalue weighted by Crippen LogP contribution is -2.44. The van der Waals surface area contributed by atoms with E-state index in [9.17, 15) is 4.79 Å². The number of amides is 1. The molecule has 1 amide bonds. The molecule has 1 fully saturated rings. The molecule has 0 aromatic carbocycles. The molecule has 0 spiro atoms. The van der Waals surface area contributed by atoms with Crippen LogP contribution in [0.15, 0.2) is 0 Å². The number of piperidine rings is 1. The Hall–Kier alpha value is -1.08. The Morgan fingerprint density at radius 2 is 2.46 bits per heavy atom. The standard InChI is InChI=1S/C9H15N3O/c1-9(6-10)3-2-4-12(7-9)5-8(11)13/h2-5,7H2,1H3,(H2,11,13). The molecule has 1 rings (SSSR count). The molecule has 0 radical (unpaired) electrons. The zero-order valence-electron chi connectivity index (χ0n) is 7.92. The molecule has 0 bridgehead atoms. The number of carbonyl (C=O) groups is 1. The molecule has 0 saturated carbocycles. The predicted molar refractivity (Wildman–Crippen MR) is 48.6 cm³/mol. The summed E-state index contributed by atoms with van der Waals surface area (Å²) in [4.78, 5) is 12.6. The monoisotopic (exact) mass is 181 g/mol. The predicted octanol–water partition coefficient (Wildman–Crippen LogP) is 0.0974. The molecule has 4 heteroatoms. The highest BCUT2D eigenvalue weighted by atomic mass is 16.1. The number of nitrogens with zero attached hydrogens (tertiary/aromatic N) is 2. The number of nitriles is 1. The minimum atomic E-state index is -0.317. The molecule has 72 valence electrons. The molecule has 0 aromatic rings. The van der Waals surface area contributed by atoms with Crippen LogP contribution in [-0.2, 0) is 4.79 Å². The molecule has 1 saturated heterocycles. The lowest BCUT2D eigenvalue weighted by atomic mass is 9.83. The van der Waals surface area contributed by atoms with Crippen molar-refractivity contribution in [1.29, 1.82) is 5.26 Å². The van der Waals surface area contributed by atoms with E-state index in [2.05, 4.69) is 6.07 Å². The van der Waals surface area contributed by atoms with Crippen molar-refractivity contribution in [3.8, 4) is 6.07 Å². The van der Waals surface area contributed by atoms with Crippen LogP contribution < -0.4 is 5.73 Å². The van der Waals surface area contributed by atoms with Crippen molar-refractivity contribution in [2.45, 2.75) is 19.8 Å². The van der Waals surface area contributed by atoms with Crippen LogP contribution in [0.2, 0.25) is 0 Å². The number of carbonyl (C=O) groups excluding carboxylic acids is 1. The number of nitrogens with two attached hydrogens (primary N) is 1. The summed E-state index contributed by atoms with van der Waals surface area (Å²) in [6, 6.07) is 2.29. The third kappa shape index (κ3) is 2.71. The number of hydrogen-bond acceptors (Lipinski definition) is 3. The van der Waals surface area contributed by atoms with Crippen molar-refractivity contribution >= 4 is 5.91 Å². The van der Waals surface area contributed by atoms with E-state index in [-0.39, 0.29) is 17.9 Å². The first-order valence-electron chi connectivity index (χ1n) is 4.48. The normalized spacial score (nSPS) is 29.5. The van der Waals surface area contributed by atoms with Crippen LogP contribution in [0.5, 0.6) is 0 Å². The quantitative estimate of drug-likeness (QED) is 0.656. The van der Waals surface area contributed by atoms with Gasteiger partial charge >= 0.3 is 0 Å². The Labute approximate surface area is 78.3 Å². The zero-order valence-corrected chi connectivity index (χ0v) is 7.92. The maximum Gasteiger partial charge on any atom is 0.231 e. The molecule has 1 unspecified atom stereocenters. The van der Waals surface area contributed by atoms with Crippen molar-refractivity contribution in [2.75, 3.05) is 19.6 Å².